The van der Waals surface area contributed by atoms with Crippen molar-refractivity contribution in [1.82, 2.24) is 0 Å². The zero-order chi connectivity index (χ0) is 28.5. The number of nitrogens with zero attached hydrogens (tertiary/aromatic N) is 1. The standard InChI is InChI=1S/C42H29N/c1-28-19-23-36-34-15-7-9-17-38(34)42(40(36)25-28)39-18-10-8-16-35(39)37-24-22-33(27-41(37)42)43(31-13-3-2-4-14-31)32-21-20-29-11-5-6-12-30(29)26-32/h2-27H,1H3. The van der Waals surface area contributed by atoms with Crippen LogP contribution in [0.5, 0.6) is 0 Å². The largest absolute Gasteiger partial charge is 0.310 e. The molecule has 0 saturated carbocycles. The summed E-state index contributed by atoms with van der Waals surface area (Å²) in [4.78, 5) is 2.40. The van der Waals surface area contributed by atoms with E-state index < -0.39 is 0 Å². The zero-order valence-corrected chi connectivity index (χ0v) is 24.0. The summed E-state index contributed by atoms with van der Waals surface area (Å²) in [6.07, 6.45) is 0. The van der Waals surface area contributed by atoms with Crippen LogP contribution in [-0.4, -0.2) is 0 Å². The zero-order valence-electron chi connectivity index (χ0n) is 24.0. The summed E-state index contributed by atoms with van der Waals surface area (Å²) in [5.74, 6) is 0. The van der Waals surface area contributed by atoms with Gasteiger partial charge in [0, 0.05) is 17.1 Å². The van der Waals surface area contributed by atoms with Gasteiger partial charge in [0.1, 0.15) is 0 Å². The second-order valence-electron chi connectivity index (χ2n) is 11.8. The summed E-state index contributed by atoms with van der Waals surface area (Å²) in [6.45, 7) is 2.21. The van der Waals surface area contributed by atoms with Gasteiger partial charge in [0.25, 0.3) is 0 Å². The van der Waals surface area contributed by atoms with Crippen molar-refractivity contribution in [2.45, 2.75) is 12.3 Å². The van der Waals surface area contributed by atoms with Gasteiger partial charge in [-0.1, -0.05) is 127 Å². The molecule has 0 aromatic heterocycles. The minimum absolute atomic E-state index is 0.369. The van der Waals surface area contributed by atoms with Crippen LogP contribution < -0.4 is 4.90 Å². The summed E-state index contributed by atoms with van der Waals surface area (Å²) in [5, 5.41) is 2.48. The Kier molecular flexibility index (Phi) is 5.10. The number of rotatable bonds is 3. The highest BCUT2D eigenvalue weighted by molar-refractivity contribution is 5.97. The molecule has 202 valence electrons. The Morgan fingerprint density at radius 1 is 0.372 bits per heavy atom. The average Bonchev–Trinajstić information content (AvgIpc) is 3.52. The monoisotopic (exact) mass is 547 g/mol. The van der Waals surface area contributed by atoms with Crippen LogP contribution in [0.15, 0.2) is 158 Å². The van der Waals surface area contributed by atoms with E-state index in [4.69, 9.17) is 0 Å². The van der Waals surface area contributed by atoms with Crippen molar-refractivity contribution in [1.29, 1.82) is 0 Å². The highest BCUT2D eigenvalue weighted by Gasteiger charge is 2.51. The molecule has 7 aromatic carbocycles. The molecule has 0 radical (unpaired) electrons. The van der Waals surface area contributed by atoms with E-state index in [9.17, 15) is 0 Å². The van der Waals surface area contributed by atoms with Gasteiger partial charge in [0.05, 0.1) is 5.41 Å². The van der Waals surface area contributed by atoms with Gasteiger partial charge in [-0.05, 0) is 98.6 Å². The first kappa shape index (κ1) is 24.2. The minimum Gasteiger partial charge on any atom is -0.310 e. The number of hydrogen-bond acceptors (Lipinski definition) is 1. The van der Waals surface area contributed by atoms with Crippen molar-refractivity contribution < 1.29 is 0 Å². The van der Waals surface area contributed by atoms with Crippen LogP contribution in [0.25, 0.3) is 33.0 Å². The van der Waals surface area contributed by atoms with Crippen LogP contribution >= 0.6 is 0 Å². The normalized spacial score (nSPS) is 15.7. The Hall–Kier alpha value is -5.40. The molecule has 1 atom stereocenters. The molecular formula is C42H29N. The molecule has 2 aliphatic rings. The van der Waals surface area contributed by atoms with E-state index >= 15 is 0 Å². The molecule has 43 heavy (non-hydrogen) atoms. The maximum Gasteiger partial charge on any atom is 0.0726 e. The molecule has 1 spiro atoms. The quantitative estimate of drug-likeness (QED) is 0.213. The molecule has 0 amide bonds. The minimum atomic E-state index is -0.369. The number of anilines is 3. The van der Waals surface area contributed by atoms with Crippen molar-refractivity contribution in [2.75, 3.05) is 4.90 Å². The smallest absolute Gasteiger partial charge is 0.0726 e. The molecular weight excluding hydrogens is 518 g/mol. The molecule has 0 saturated heterocycles. The highest BCUT2D eigenvalue weighted by atomic mass is 15.1. The van der Waals surface area contributed by atoms with Crippen LogP contribution in [0.4, 0.5) is 17.1 Å². The van der Waals surface area contributed by atoms with E-state index in [2.05, 4.69) is 170 Å². The summed E-state index contributed by atoms with van der Waals surface area (Å²) in [7, 11) is 0. The Morgan fingerprint density at radius 3 is 1.65 bits per heavy atom. The summed E-state index contributed by atoms with van der Waals surface area (Å²) >= 11 is 0. The molecule has 0 N–H and O–H groups in total. The SMILES string of the molecule is Cc1ccc2c(c1)C1(c3ccccc3-2)c2ccccc2-c2ccc(N(c3ccccc3)c3ccc4ccccc4c3)cc21. The maximum absolute atomic E-state index is 2.46. The van der Waals surface area contributed by atoms with Crippen LogP contribution in [0.1, 0.15) is 27.8 Å². The Morgan fingerprint density at radius 2 is 0.907 bits per heavy atom. The van der Waals surface area contributed by atoms with Crippen molar-refractivity contribution >= 4 is 27.8 Å². The van der Waals surface area contributed by atoms with Crippen LogP contribution in [0.3, 0.4) is 0 Å². The van der Waals surface area contributed by atoms with Gasteiger partial charge in [-0.15, -0.1) is 0 Å². The summed E-state index contributed by atoms with van der Waals surface area (Å²) in [6, 6.07) is 58.3. The molecule has 1 heteroatoms. The van der Waals surface area contributed by atoms with Gasteiger partial charge < -0.3 is 4.90 Å². The fourth-order valence-corrected chi connectivity index (χ4v) is 7.72. The third kappa shape index (κ3) is 3.34. The first-order chi connectivity index (χ1) is 21.2. The predicted octanol–water partition coefficient (Wildman–Crippen LogP) is 11.0. The second kappa shape index (κ2) is 9.05. The molecule has 1 unspecified atom stereocenters. The van der Waals surface area contributed by atoms with Gasteiger partial charge in [0.15, 0.2) is 0 Å². The van der Waals surface area contributed by atoms with Gasteiger partial charge in [0.2, 0.25) is 0 Å². The first-order valence-electron chi connectivity index (χ1n) is 15.0. The fraction of sp³-hybridized carbons (Fsp3) is 0.0476. The molecule has 2 aliphatic carbocycles. The topological polar surface area (TPSA) is 3.24 Å². The van der Waals surface area contributed by atoms with E-state index in [1.165, 1.54) is 60.8 Å². The molecule has 0 fully saturated rings. The fourth-order valence-electron chi connectivity index (χ4n) is 7.72. The lowest BCUT2D eigenvalue weighted by Gasteiger charge is -2.32. The van der Waals surface area contributed by atoms with Gasteiger partial charge in [-0.25, -0.2) is 0 Å². The van der Waals surface area contributed by atoms with Gasteiger partial charge in [-0.2, -0.15) is 0 Å². The van der Waals surface area contributed by atoms with Gasteiger partial charge >= 0.3 is 0 Å². The highest BCUT2D eigenvalue weighted by Crippen LogP contribution is 2.63. The maximum atomic E-state index is 2.46. The second-order valence-corrected chi connectivity index (χ2v) is 11.8. The Bertz CT molecular complexity index is 2200. The van der Waals surface area contributed by atoms with Crippen LogP contribution in [0.2, 0.25) is 0 Å². The average molecular weight is 548 g/mol. The van der Waals surface area contributed by atoms with Crippen molar-refractivity contribution in [2.24, 2.45) is 0 Å². The number of para-hydroxylation sites is 1. The molecule has 9 rings (SSSR count). The van der Waals surface area contributed by atoms with Gasteiger partial charge in [-0.3, -0.25) is 0 Å². The molecule has 0 heterocycles. The third-order valence-electron chi connectivity index (χ3n) is 9.49. The number of aryl methyl sites for hydroxylation is 1. The lowest BCUT2D eigenvalue weighted by molar-refractivity contribution is 0.792. The summed E-state index contributed by atoms with van der Waals surface area (Å²) < 4.78 is 0. The van der Waals surface area contributed by atoms with E-state index in [-0.39, 0.29) is 5.41 Å². The molecule has 1 nitrogen and oxygen atoms in total. The van der Waals surface area contributed by atoms with E-state index in [1.807, 2.05) is 0 Å². The number of hydrogen-bond donors (Lipinski definition) is 0. The number of fused-ring (bicyclic) bond motifs is 11. The molecule has 7 aromatic rings. The van der Waals surface area contributed by atoms with Crippen molar-refractivity contribution in [3.63, 3.8) is 0 Å². The predicted molar refractivity (Wildman–Crippen MR) is 180 cm³/mol. The molecule has 0 bridgehead atoms. The van der Waals surface area contributed by atoms with E-state index in [1.54, 1.807) is 0 Å². The lowest BCUT2D eigenvalue weighted by atomic mass is 9.70. The van der Waals surface area contributed by atoms with Crippen LogP contribution in [0, 0.1) is 6.92 Å². The lowest BCUT2D eigenvalue weighted by Crippen LogP contribution is -2.26. The Labute approximate surface area is 252 Å². The molecule has 0 aliphatic heterocycles. The third-order valence-corrected chi connectivity index (χ3v) is 9.49. The van der Waals surface area contributed by atoms with Crippen LogP contribution in [-0.2, 0) is 5.41 Å². The van der Waals surface area contributed by atoms with Crippen molar-refractivity contribution in [3.8, 4) is 22.3 Å². The van der Waals surface area contributed by atoms with E-state index in [0.29, 0.717) is 0 Å². The van der Waals surface area contributed by atoms with Crippen molar-refractivity contribution in [3.05, 3.63) is 186 Å². The number of benzene rings is 7. The first-order valence-corrected chi connectivity index (χ1v) is 15.0. The summed E-state index contributed by atoms with van der Waals surface area (Å²) in [5.41, 5.74) is 15.2. The van der Waals surface area contributed by atoms with E-state index in [0.717, 1.165) is 17.1 Å². The Balaban J connectivity index is 1.35.